The molecular formula is C19H23N5O3S. The molecule has 0 amide bonds. The van der Waals surface area contributed by atoms with E-state index in [0.717, 1.165) is 36.8 Å². The zero-order chi connectivity index (χ0) is 19.6. The Morgan fingerprint density at radius 3 is 2.54 bits per heavy atom. The minimum Gasteiger partial charge on any atom is -0.378 e. The maximum absolute atomic E-state index is 11.8. The molecule has 148 valence electrons. The lowest BCUT2D eigenvalue weighted by atomic mass is 10.2. The number of hydrogen-bond donors (Lipinski definition) is 1. The second kappa shape index (κ2) is 7.76. The molecule has 1 aromatic heterocycles. The molecule has 0 spiro atoms. The van der Waals surface area contributed by atoms with Crippen LogP contribution in [-0.4, -0.2) is 57.6 Å². The maximum atomic E-state index is 11.8. The van der Waals surface area contributed by atoms with Gasteiger partial charge in [0.25, 0.3) is 0 Å². The van der Waals surface area contributed by atoms with Crippen LogP contribution in [-0.2, 0) is 20.3 Å². The van der Waals surface area contributed by atoms with Crippen molar-refractivity contribution in [3.63, 3.8) is 0 Å². The average Bonchev–Trinajstić information content (AvgIpc) is 3.22. The van der Waals surface area contributed by atoms with Gasteiger partial charge in [-0.05, 0) is 24.3 Å². The maximum Gasteiger partial charge on any atom is 0.161 e. The standard InChI is InChI=1S/C19H23N5O3S/c1-28(25,26)13-16-12-18(23-8-10-27-11-9-23)22-19(21-16)15-2-4-17(5-3-15)24-7-6-20-14-24/h2-7,12,20H,8-11,13-14H2,1H3. The predicted octanol–water partition coefficient (Wildman–Crippen LogP) is 1.36. The van der Waals surface area contributed by atoms with E-state index in [2.05, 4.69) is 20.1 Å². The lowest BCUT2D eigenvalue weighted by Crippen LogP contribution is -2.37. The fourth-order valence-electron chi connectivity index (χ4n) is 3.23. The quantitative estimate of drug-likeness (QED) is 0.804. The van der Waals surface area contributed by atoms with Crippen molar-refractivity contribution in [1.82, 2.24) is 15.3 Å². The van der Waals surface area contributed by atoms with Gasteiger partial charge in [0, 0.05) is 49.1 Å². The van der Waals surface area contributed by atoms with Crippen LogP contribution in [0.4, 0.5) is 11.5 Å². The van der Waals surface area contributed by atoms with Gasteiger partial charge in [-0.2, -0.15) is 0 Å². The molecule has 0 saturated carbocycles. The fraction of sp³-hybridized carbons (Fsp3) is 0.368. The number of benzene rings is 1. The van der Waals surface area contributed by atoms with Crippen LogP contribution >= 0.6 is 0 Å². The van der Waals surface area contributed by atoms with Gasteiger partial charge in [-0.25, -0.2) is 18.4 Å². The smallest absolute Gasteiger partial charge is 0.161 e. The van der Waals surface area contributed by atoms with Crippen molar-refractivity contribution < 1.29 is 13.2 Å². The highest BCUT2D eigenvalue weighted by molar-refractivity contribution is 7.89. The molecule has 0 aliphatic carbocycles. The van der Waals surface area contributed by atoms with Crippen LogP contribution < -0.4 is 15.1 Å². The molecule has 1 saturated heterocycles. The molecule has 2 aliphatic rings. The Morgan fingerprint density at radius 2 is 1.89 bits per heavy atom. The van der Waals surface area contributed by atoms with Crippen molar-refractivity contribution in [3.05, 3.63) is 48.4 Å². The summed E-state index contributed by atoms with van der Waals surface area (Å²) in [4.78, 5) is 13.4. The van der Waals surface area contributed by atoms with Crippen LogP contribution in [0.15, 0.2) is 42.7 Å². The number of rotatable bonds is 5. The first-order chi connectivity index (χ1) is 13.5. The van der Waals surface area contributed by atoms with E-state index in [4.69, 9.17) is 9.72 Å². The van der Waals surface area contributed by atoms with Gasteiger partial charge >= 0.3 is 0 Å². The Balaban J connectivity index is 1.68. The number of ether oxygens (including phenoxy) is 1. The lowest BCUT2D eigenvalue weighted by molar-refractivity contribution is 0.122. The Morgan fingerprint density at radius 1 is 1.14 bits per heavy atom. The molecule has 9 heteroatoms. The summed E-state index contributed by atoms with van der Waals surface area (Å²) < 4.78 is 29.0. The van der Waals surface area contributed by atoms with Crippen LogP contribution in [0.5, 0.6) is 0 Å². The third kappa shape index (κ3) is 4.42. The van der Waals surface area contributed by atoms with E-state index >= 15 is 0 Å². The van der Waals surface area contributed by atoms with E-state index in [1.807, 2.05) is 36.7 Å². The molecule has 1 fully saturated rings. The molecular weight excluding hydrogens is 378 g/mol. The first-order valence-corrected chi connectivity index (χ1v) is 11.2. The van der Waals surface area contributed by atoms with Crippen molar-refractivity contribution >= 4 is 21.3 Å². The highest BCUT2D eigenvalue weighted by atomic mass is 32.2. The number of nitrogens with one attached hydrogen (secondary N) is 1. The summed E-state index contributed by atoms with van der Waals surface area (Å²) in [6.07, 6.45) is 5.10. The third-order valence-corrected chi connectivity index (χ3v) is 5.42. The van der Waals surface area contributed by atoms with Crippen LogP contribution in [0.3, 0.4) is 0 Å². The van der Waals surface area contributed by atoms with Crippen LogP contribution in [0, 0.1) is 0 Å². The summed E-state index contributed by atoms with van der Waals surface area (Å²) in [5.74, 6) is 1.16. The molecule has 0 unspecified atom stereocenters. The minimum atomic E-state index is -3.20. The van der Waals surface area contributed by atoms with Crippen LogP contribution in [0.25, 0.3) is 11.4 Å². The van der Waals surface area contributed by atoms with Crippen molar-refractivity contribution in [2.75, 3.05) is 49.0 Å². The molecule has 8 nitrogen and oxygen atoms in total. The SMILES string of the molecule is CS(=O)(=O)Cc1cc(N2CCOCC2)nc(-c2ccc(N3C=CNC3)cc2)n1. The number of morpholine rings is 1. The monoisotopic (exact) mass is 401 g/mol. The average molecular weight is 401 g/mol. The second-order valence-corrected chi connectivity index (χ2v) is 9.05. The van der Waals surface area contributed by atoms with E-state index in [1.54, 1.807) is 6.07 Å². The summed E-state index contributed by atoms with van der Waals surface area (Å²) in [5, 5.41) is 3.14. The molecule has 2 aromatic rings. The van der Waals surface area contributed by atoms with Gasteiger partial charge in [0.2, 0.25) is 0 Å². The van der Waals surface area contributed by atoms with Crippen LogP contribution in [0.2, 0.25) is 0 Å². The summed E-state index contributed by atoms with van der Waals surface area (Å²) in [7, 11) is -3.20. The summed E-state index contributed by atoms with van der Waals surface area (Å²) in [6, 6.07) is 9.71. The third-order valence-electron chi connectivity index (χ3n) is 4.60. The number of aromatic nitrogens is 2. The molecule has 2 aliphatic heterocycles. The predicted molar refractivity (Wildman–Crippen MR) is 109 cm³/mol. The lowest BCUT2D eigenvalue weighted by Gasteiger charge is -2.28. The van der Waals surface area contributed by atoms with Gasteiger partial charge in [-0.3, -0.25) is 0 Å². The highest BCUT2D eigenvalue weighted by Gasteiger charge is 2.18. The zero-order valence-electron chi connectivity index (χ0n) is 15.7. The first-order valence-electron chi connectivity index (χ1n) is 9.13. The first kappa shape index (κ1) is 18.7. The van der Waals surface area contributed by atoms with Gasteiger partial charge in [-0.1, -0.05) is 0 Å². The Hall–Kier alpha value is -2.65. The van der Waals surface area contributed by atoms with Gasteiger partial charge in [0.05, 0.1) is 31.3 Å². The Kier molecular flexibility index (Phi) is 5.19. The van der Waals surface area contributed by atoms with Crippen molar-refractivity contribution in [1.29, 1.82) is 0 Å². The summed E-state index contributed by atoms with van der Waals surface area (Å²) in [6.45, 7) is 3.45. The molecule has 0 bridgehead atoms. The normalized spacial score (nSPS) is 17.0. The van der Waals surface area contributed by atoms with Gasteiger partial charge in [-0.15, -0.1) is 0 Å². The van der Waals surface area contributed by atoms with Crippen molar-refractivity contribution in [2.45, 2.75) is 5.75 Å². The molecule has 0 radical (unpaired) electrons. The van der Waals surface area contributed by atoms with Crippen molar-refractivity contribution in [3.8, 4) is 11.4 Å². The summed E-state index contributed by atoms with van der Waals surface area (Å²) in [5.41, 5.74) is 2.42. The van der Waals surface area contributed by atoms with Crippen LogP contribution in [0.1, 0.15) is 5.69 Å². The van der Waals surface area contributed by atoms with E-state index in [0.29, 0.717) is 24.7 Å². The number of sulfone groups is 1. The van der Waals surface area contributed by atoms with E-state index in [9.17, 15) is 8.42 Å². The number of nitrogens with zero attached hydrogens (tertiary/aromatic N) is 4. The minimum absolute atomic E-state index is 0.109. The van der Waals surface area contributed by atoms with E-state index in [-0.39, 0.29) is 5.75 Å². The van der Waals surface area contributed by atoms with Gasteiger partial charge < -0.3 is 19.9 Å². The largest absolute Gasteiger partial charge is 0.378 e. The molecule has 3 heterocycles. The van der Waals surface area contributed by atoms with Gasteiger partial charge in [0.15, 0.2) is 15.7 Å². The van der Waals surface area contributed by atoms with E-state index < -0.39 is 9.84 Å². The molecule has 0 atom stereocenters. The Labute approximate surface area is 164 Å². The fourth-order valence-corrected chi connectivity index (χ4v) is 3.92. The Bertz CT molecular complexity index is 970. The molecule has 1 N–H and O–H groups in total. The molecule has 28 heavy (non-hydrogen) atoms. The molecule has 1 aromatic carbocycles. The number of hydrogen-bond acceptors (Lipinski definition) is 8. The highest BCUT2D eigenvalue weighted by Crippen LogP contribution is 2.25. The second-order valence-electron chi connectivity index (χ2n) is 6.91. The van der Waals surface area contributed by atoms with E-state index in [1.165, 1.54) is 6.26 Å². The topological polar surface area (TPSA) is 87.7 Å². The zero-order valence-corrected chi connectivity index (χ0v) is 16.5. The van der Waals surface area contributed by atoms with Gasteiger partial charge in [0.1, 0.15) is 5.82 Å². The van der Waals surface area contributed by atoms with Crippen molar-refractivity contribution in [2.24, 2.45) is 0 Å². The summed E-state index contributed by atoms with van der Waals surface area (Å²) >= 11 is 0. The number of anilines is 2. The molecule has 4 rings (SSSR count).